The Balaban J connectivity index is 1.14. The lowest BCUT2D eigenvalue weighted by atomic mass is 9.90. The second-order valence-electron chi connectivity index (χ2n) is 14.2. The standard InChI is InChI=1S/C56H39N/c1-3-13-40(14-4-1)41-25-27-42(28-26-41)43-29-34-49(35-30-43)57(51-21-11-20-48(39-51)53-24-12-19-44-15-7-9-22-52(44)53)50-36-31-46(32-37-50)55-38-33-45-16-8-10-23-54(45)56(55)47-17-5-2-6-18-47/h1-39H/i29D,30D,34D,35D. The van der Waals surface area contributed by atoms with Crippen molar-refractivity contribution in [1.82, 2.24) is 0 Å². The maximum Gasteiger partial charge on any atom is 0.0645 e. The maximum absolute atomic E-state index is 9.60. The minimum Gasteiger partial charge on any atom is -0.310 e. The van der Waals surface area contributed by atoms with E-state index in [9.17, 15) is 5.48 Å². The lowest BCUT2D eigenvalue weighted by Crippen LogP contribution is -2.10. The van der Waals surface area contributed by atoms with Gasteiger partial charge in [0.25, 0.3) is 0 Å². The van der Waals surface area contributed by atoms with E-state index in [1.807, 2.05) is 102 Å². The Morgan fingerprint density at radius 2 is 0.807 bits per heavy atom. The van der Waals surface area contributed by atoms with Crippen molar-refractivity contribution in [2.45, 2.75) is 0 Å². The number of benzene rings is 10. The highest BCUT2D eigenvalue weighted by molar-refractivity contribution is 6.04. The molecule has 0 spiro atoms. The molecule has 1 nitrogen and oxygen atoms in total. The second kappa shape index (κ2) is 15.0. The fraction of sp³-hybridized carbons (Fsp3) is 0. The summed E-state index contributed by atoms with van der Waals surface area (Å²) in [4.78, 5) is 1.87. The van der Waals surface area contributed by atoms with Gasteiger partial charge in [0.05, 0.1) is 5.48 Å². The molecule has 0 amide bonds. The first-order valence-electron chi connectivity index (χ1n) is 21.3. The molecule has 0 aliphatic rings. The third kappa shape index (κ3) is 6.66. The number of hydrogen-bond donors (Lipinski definition) is 0. The Morgan fingerprint density at radius 3 is 1.53 bits per heavy atom. The summed E-state index contributed by atoms with van der Waals surface area (Å²) in [6.07, 6.45) is 0. The van der Waals surface area contributed by atoms with E-state index in [4.69, 9.17) is 0 Å². The van der Waals surface area contributed by atoms with Gasteiger partial charge in [0, 0.05) is 17.1 Å². The topological polar surface area (TPSA) is 3.24 Å². The Morgan fingerprint density at radius 1 is 0.281 bits per heavy atom. The molecule has 57 heavy (non-hydrogen) atoms. The first kappa shape index (κ1) is 29.8. The SMILES string of the molecule is [2H]c1c([2H])c(N(c2ccc(-c3ccc4ccccc4c3-c3ccccc3)cc2)c2cccc(-c3cccc4ccccc34)c2)c([2H])c([2H])c1-c1ccc(-c2ccccc2)cc1. The van der Waals surface area contributed by atoms with Gasteiger partial charge in [-0.05, 0) is 114 Å². The molecule has 268 valence electrons. The Bertz CT molecular complexity index is 3180. The van der Waals surface area contributed by atoms with Crippen LogP contribution in [0.25, 0.3) is 77.2 Å². The van der Waals surface area contributed by atoms with Crippen LogP contribution in [0.15, 0.2) is 236 Å². The lowest BCUT2D eigenvalue weighted by Gasteiger charge is -2.27. The highest BCUT2D eigenvalue weighted by Crippen LogP contribution is 2.42. The largest absolute Gasteiger partial charge is 0.310 e. The normalized spacial score (nSPS) is 12.1. The quantitative estimate of drug-likeness (QED) is 0.151. The van der Waals surface area contributed by atoms with Crippen LogP contribution in [0, 0.1) is 0 Å². The van der Waals surface area contributed by atoms with Gasteiger partial charge >= 0.3 is 0 Å². The van der Waals surface area contributed by atoms with Crippen LogP contribution in [0.3, 0.4) is 0 Å². The van der Waals surface area contributed by atoms with E-state index in [0.717, 1.165) is 66.4 Å². The zero-order valence-electron chi connectivity index (χ0n) is 35.2. The van der Waals surface area contributed by atoms with E-state index < -0.39 is 0 Å². The van der Waals surface area contributed by atoms with E-state index in [1.54, 1.807) is 0 Å². The van der Waals surface area contributed by atoms with Crippen molar-refractivity contribution in [1.29, 1.82) is 0 Å². The highest BCUT2D eigenvalue weighted by atomic mass is 15.1. The highest BCUT2D eigenvalue weighted by Gasteiger charge is 2.17. The molecule has 10 aromatic carbocycles. The van der Waals surface area contributed by atoms with Gasteiger partial charge in [0.1, 0.15) is 0 Å². The van der Waals surface area contributed by atoms with Gasteiger partial charge in [-0.2, -0.15) is 0 Å². The van der Waals surface area contributed by atoms with Gasteiger partial charge in [-0.1, -0.05) is 200 Å². The molecular formula is C56H39N. The second-order valence-corrected chi connectivity index (χ2v) is 14.2. The van der Waals surface area contributed by atoms with Crippen molar-refractivity contribution >= 4 is 38.6 Å². The van der Waals surface area contributed by atoms with Crippen molar-refractivity contribution in [3.63, 3.8) is 0 Å². The van der Waals surface area contributed by atoms with Crippen molar-refractivity contribution in [2.75, 3.05) is 4.90 Å². The first-order chi connectivity index (χ1) is 29.9. The fourth-order valence-electron chi connectivity index (χ4n) is 7.94. The van der Waals surface area contributed by atoms with Crippen LogP contribution in [-0.4, -0.2) is 0 Å². The average molecular weight is 730 g/mol. The summed E-state index contributed by atoms with van der Waals surface area (Å²) >= 11 is 0. The van der Waals surface area contributed by atoms with E-state index in [-0.39, 0.29) is 35.4 Å². The van der Waals surface area contributed by atoms with Crippen molar-refractivity contribution in [2.24, 2.45) is 0 Å². The minimum atomic E-state index is -0.122. The van der Waals surface area contributed by atoms with Crippen LogP contribution in [0.2, 0.25) is 0 Å². The number of fused-ring (bicyclic) bond motifs is 2. The molecular weight excluding hydrogens is 687 g/mol. The van der Waals surface area contributed by atoms with Gasteiger partial charge in [0.2, 0.25) is 0 Å². The van der Waals surface area contributed by atoms with Gasteiger partial charge in [-0.25, -0.2) is 0 Å². The fourth-order valence-corrected chi connectivity index (χ4v) is 7.94. The average Bonchev–Trinajstić information content (AvgIpc) is 3.32. The van der Waals surface area contributed by atoms with E-state index in [0.29, 0.717) is 11.3 Å². The molecule has 0 heterocycles. The molecule has 0 aromatic heterocycles. The summed E-state index contributed by atoms with van der Waals surface area (Å²) in [5.41, 5.74) is 11.0. The summed E-state index contributed by atoms with van der Waals surface area (Å²) in [5.74, 6) is 0. The molecule has 10 aromatic rings. The van der Waals surface area contributed by atoms with Gasteiger partial charge < -0.3 is 4.90 Å². The van der Waals surface area contributed by atoms with Gasteiger partial charge in [-0.15, -0.1) is 0 Å². The smallest absolute Gasteiger partial charge is 0.0645 e. The molecule has 10 rings (SSSR count). The number of rotatable bonds is 8. The van der Waals surface area contributed by atoms with Gasteiger partial charge in [0.15, 0.2) is 0 Å². The first-order valence-corrected chi connectivity index (χ1v) is 19.3. The molecule has 0 saturated carbocycles. The number of nitrogens with zero attached hydrogens (tertiary/aromatic N) is 1. The number of anilines is 3. The Hall–Kier alpha value is -7.48. The third-order valence-electron chi connectivity index (χ3n) is 10.7. The van der Waals surface area contributed by atoms with E-state index in [2.05, 4.69) is 115 Å². The van der Waals surface area contributed by atoms with Crippen LogP contribution in [0.5, 0.6) is 0 Å². The summed E-state index contributed by atoms with van der Waals surface area (Å²) in [6.45, 7) is 0. The number of hydrogen-bond acceptors (Lipinski definition) is 1. The van der Waals surface area contributed by atoms with Gasteiger partial charge in [-0.3, -0.25) is 0 Å². The molecule has 0 atom stereocenters. The predicted octanol–water partition coefficient (Wildman–Crippen LogP) is 15.8. The predicted molar refractivity (Wildman–Crippen MR) is 243 cm³/mol. The molecule has 0 fully saturated rings. The monoisotopic (exact) mass is 729 g/mol. The molecule has 0 radical (unpaired) electrons. The summed E-state index contributed by atoms with van der Waals surface area (Å²) in [6, 6.07) is 71.5. The Labute approximate surface area is 340 Å². The van der Waals surface area contributed by atoms with Crippen molar-refractivity contribution in [3.8, 4) is 55.6 Å². The zero-order chi connectivity index (χ0) is 41.5. The minimum absolute atomic E-state index is 0.0982. The van der Waals surface area contributed by atoms with E-state index in [1.165, 1.54) is 5.39 Å². The van der Waals surface area contributed by atoms with Crippen LogP contribution >= 0.6 is 0 Å². The van der Waals surface area contributed by atoms with Crippen LogP contribution < -0.4 is 4.90 Å². The molecule has 0 saturated heterocycles. The lowest BCUT2D eigenvalue weighted by molar-refractivity contribution is 1.28. The van der Waals surface area contributed by atoms with E-state index >= 15 is 0 Å². The van der Waals surface area contributed by atoms with Crippen LogP contribution in [0.4, 0.5) is 17.1 Å². The molecule has 0 N–H and O–H groups in total. The summed E-state index contributed by atoms with van der Waals surface area (Å²) < 4.78 is 38.0. The Kier molecular flexibility index (Phi) is 7.84. The molecule has 0 unspecified atom stereocenters. The van der Waals surface area contributed by atoms with Crippen LogP contribution in [-0.2, 0) is 0 Å². The van der Waals surface area contributed by atoms with Crippen LogP contribution in [0.1, 0.15) is 5.48 Å². The van der Waals surface area contributed by atoms with Crippen molar-refractivity contribution in [3.05, 3.63) is 236 Å². The molecule has 0 aliphatic heterocycles. The molecule has 0 bridgehead atoms. The summed E-state index contributed by atoms with van der Waals surface area (Å²) in [5, 5.41) is 4.58. The zero-order valence-corrected chi connectivity index (χ0v) is 31.2. The maximum atomic E-state index is 9.60. The summed E-state index contributed by atoms with van der Waals surface area (Å²) in [7, 11) is 0. The molecule has 1 heteroatoms. The third-order valence-corrected chi connectivity index (χ3v) is 10.7. The molecule has 0 aliphatic carbocycles. The van der Waals surface area contributed by atoms with Crippen molar-refractivity contribution < 1.29 is 5.48 Å².